The molecule has 1 aromatic heterocycles. The molecule has 122 valence electrons. The van der Waals surface area contributed by atoms with Gasteiger partial charge in [-0.15, -0.1) is 5.10 Å². The van der Waals surface area contributed by atoms with Gasteiger partial charge in [-0.05, 0) is 48.5 Å². The van der Waals surface area contributed by atoms with Crippen molar-refractivity contribution in [1.82, 2.24) is 15.2 Å². The van der Waals surface area contributed by atoms with E-state index in [-0.39, 0.29) is 0 Å². The molecule has 7 heteroatoms. The molecule has 0 spiro atoms. The second kappa shape index (κ2) is 7.27. The predicted molar refractivity (Wildman–Crippen MR) is 101 cm³/mol. The zero-order valence-corrected chi connectivity index (χ0v) is 14.9. The molecule has 3 rings (SSSR count). The van der Waals surface area contributed by atoms with Crippen molar-refractivity contribution in [3.63, 3.8) is 0 Å². The van der Waals surface area contributed by atoms with Crippen LogP contribution in [0.5, 0.6) is 0 Å². The highest BCUT2D eigenvalue weighted by Gasteiger charge is 2.03. The van der Waals surface area contributed by atoms with Crippen LogP contribution in [0.15, 0.2) is 59.2 Å². The van der Waals surface area contributed by atoms with Gasteiger partial charge in [0.2, 0.25) is 5.95 Å². The largest absolute Gasteiger partial charge is 0.378 e. The molecular formula is C17H17BrN6. The molecule has 0 radical (unpaired) electrons. The van der Waals surface area contributed by atoms with Crippen LogP contribution in [0.3, 0.4) is 0 Å². The molecule has 6 nitrogen and oxygen atoms in total. The fourth-order valence-corrected chi connectivity index (χ4v) is 2.33. The van der Waals surface area contributed by atoms with Gasteiger partial charge in [-0.1, -0.05) is 15.9 Å². The number of benzene rings is 2. The smallest absolute Gasteiger partial charge is 0.249 e. The third-order valence-corrected chi connectivity index (χ3v) is 3.84. The maximum Gasteiger partial charge on any atom is 0.249 e. The fraction of sp³-hybridized carbons (Fsp3) is 0.118. The zero-order valence-electron chi connectivity index (χ0n) is 13.4. The predicted octanol–water partition coefficient (Wildman–Crippen LogP) is 4.19. The molecule has 0 bridgehead atoms. The second-order valence-corrected chi connectivity index (χ2v) is 6.28. The summed E-state index contributed by atoms with van der Waals surface area (Å²) in [4.78, 5) is 6.47. The molecule has 2 aromatic carbocycles. The molecule has 0 saturated heterocycles. The molecule has 0 atom stereocenters. The van der Waals surface area contributed by atoms with Crippen LogP contribution >= 0.6 is 15.9 Å². The maximum absolute atomic E-state index is 4.43. The van der Waals surface area contributed by atoms with E-state index >= 15 is 0 Å². The highest BCUT2D eigenvalue weighted by molar-refractivity contribution is 9.10. The van der Waals surface area contributed by atoms with Crippen molar-refractivity contribution >= 4 is 44.8 Å². The molecule has 0 fully saturated rings. The quantitative estimate of drug-likeness (QED) is 0.687. The summed E-state index contributed by atoms with van der Waals surface area (Å²) in [5.74, 6) is 1.06. The highest BCUT2D eigenvalue weighted by atomic mass is 79.9. The first-order valence-electron chi connectivity index (χ1n) is 7.37. The van der Waals surface area contributed by atoms with Crippen LogP contribution in [0.2, 0.25) is 0 Å². The van der Waals surface area contributed by atoms with E-state index in [9.17, 15) is 0 Å². The molecule has 2 N–H and O–H groups in total. The fourth-order valence-electron chi connectivity index (χ4n) is 2.07. The Kier molecular flexibility index (Phi) is 4.90. The van der Waals surface area contributed by atoms with Crippen molar-refractivity contribution in [2.45, 2.75) is 0 Å². The van der Waals surface area contributed by atoms with Gasteiger partial charge in [-0.25, -0.2) is 0 Å². The maximum atomic E-state index is 4.43. The van der Waals surface area contributed by atoms with E-state index in [2.05, 4.69) is 41.7 Å². The van der Waals surface area contributed by atoms with E-state index in [0.29, 0.717) is 11.8 Å². The van der Waals surface area contributed by atoms with Crippen LogP contribution in [0.4, 0.5) is 28.8 Å². The molecule has 1 heterocycles. The lowest BCUT2D eigenvalue weighted by Gasteiger charge is -2.13. The van der Waals surface area contributed by atoms with Crippen molar-refractivity contribution in [3.05, 3.63) is 59.2 Å². The highest BCUT2D eigenvalue weighted by Crippen LogP contribution is 2.20. The third-order valence-electron chi connectivity index (χ3n) is 3.32. The Morgan fingerprint density at radius 1 is 0.875 bits per heavy atom. The van der Waals surface area contributed by atoms with Crippen molar-refractivity contribution in [2.24, 2.45) is 0 Å². The van der Waals surface area contributed by atoms with Gasteiger partial charge in [0.05, 0.1) is 6.20 Å². The number of rotatable bonds is 5. The van der Waals surface area contributed by atoms with Crippen molar-refractivity contribution in [2.75, 3.05) is 29.6 Å². The van der Waals surface area contributed by atoms with Gasteiger partial charge in [-0.2, -0.15) is 10.1 Å². The molecule has 0 aliphatic carbocycles. The van der Waals surface area contributed by atoms with Crippen molar-refractivity contribution < 1.29 is 0 Å². The molecule has 0 amide bonds. The monoisotopic (exact) mass is 384 g/mol. The average Bonchev–Trinajstić information content (AvgIpc) is 2.58. The van der Waals surface area contributed by atoms with Crippen molar-refractivity contribution in [3.8, 4) is 0 Å². The van der Waals surface area contributed by atoms with E-state index in [0.717, 1.165) is 21.5 Å². The first-order chi connectivity index (χ1) is 11.6. The lowest BCUT2D eigenvalue weighted by molar-refractivity contribution is 0.982. The van der Waals surface area contributed by atoms with Gasteiger partial charge in [0.25, 0.3) is 0 Å². The van der Waals surface area contributed by atoms with Gasteiger partial charge in [0.15, 0.2) is 5.82 Å². The van der Waals surface area contributed by atoms with E-state index in [1.54, 1.807) is 6.20 Å². The zero-order chi connectivity index (χ0) is 16.9. The Morgan fingerprint density at radius 2 is 1.50 bits per heavy atom. The number of nitrogens with one attached hydrogen (secondary N) is 2. The van der Waals surface area contributed by atoms with Gasteiger partial charge < -0.3 is 15.5 Å². The van der Waals surface area contributed by atoms with E-state index in [1.807, 2.05) is 67.5 Å². The summed E-state index contributed by atoms with van der Waals surface area (Å²) in [7, 11) is 4.01. The van der Waals surface area contributed by atoms with Gasteiger partial charge in [0.1, 0.15) is 0 Å². The molecule has 0 aliphatic rings. The Bertz CT molecular complexity index is 802. The Morgan fingerprint density at radius 3 is 2.17 bits per heavy atom. The Labute approximate surface area is 149 Å². The SMILES string of the molecule is CN(C)c1ccc(Nc2nncc(Nc3ccc(Br)cc3)n2)cc1. The number of halogens is 1. The van der Waals surface area contributed by atoms with Crippen LogP contribution in [-0.4, -0.2) is 29.3 Å². The van der Waals surface area contributed by atoms with Crippen LogP contribution in [0.25, 0.3) is 0 Å². The van der Waals surface area contributed by atoms with Gasteiger partial charge in [-0.3, -0.25) is 0 Å². The summed E-state index contributed by atoms with van der Waals surface area (Å²) in [5.41, 5.74) is 2.97. The lowest BCUT2D eigenvalue weighted by atomic mass is 10.2. The van der Waals surface area contributed by atoms with Crippen LogP contribution in [0.1, 0.15) is 0 Å². The van der Waals surface area contributed by atoms with Gasteiger partial charge >= 0.3 is 0 Å². The second-order valence-electron chi connectivity index (χ2n) is 5.36. The normalized spacial score (nSPS) is 10.3. The molecule has 24 heavy (non-hydrogen) atoms. The topological polar surface area (TPSA) is 66.0 Å². The first kappa shape index (κ1) is 16.2. The molecule has 3 aromatic rings. The van der Waals surface area contributed by atoms with Crippen LogP contribution in [0, 0.1) is 0 Å². The number of hydrogen-bond acceptors (Lipinski definition) is 6. The molecule has 0 saturated carbocycles. The lowest BCUT2D eigenvalue weighted by Crippen LogP contribution is -2.08. The standard InChI is InChI=1S/C17H17BrN6/c1-24(2)15-9-7-14(8-10-15)21-17-22-16(11-19-23-17)20-13-5-3-12(18)4-6-13/h3-11H,1-2H3,(H2,20,21,22,23). The van der Waals surface area contributed by atoms with E-state index in [4.69, 9.17) is 0 Å². The summed E-state index contributed by atoms with van der Waals surface area (Å²) in [6.45, 7) is 0. The Hall–Kier alpha value is -2.67. The van der Waals surface area contributed by atoms with Crippen LogP contribution < -0.4 is 15.5 Å². The summed E-state index contributed by atoms with van der Waals surface area (Å²) in [5, 5.41) is 14.4. The number of nitrogens with zero attached hydrogens (tertiary/aromatic N) is 4. The van der Waals surface area contributed by atoms with E-state index < -0.39 is 0 Å². The molecule has 0 aliphatic heterocycles. The number of anilines is 5. The van der Waals surface area contributed by atoms with E-state index in [1.165, 1.54) is 0 Å². The molecular weight excluding hydrogens is 368 g/mol. The summed E-state index contributed by atoms with van der Waals surface area (Å²) < 4.78 is 1.03. The van der Waals surface area contributed by atoms with Crippen LogP contribution in [-0.2, 0) is 0 Å². The summed E-state index contributed by atoms with van der Waals surface area (Å²) >= 11 is 3.41. The average molecular weight is 385 g/mol. The minimum absolute atomic E-state index is 0.440. The Balaban J connectivity index is 1.71. The summed E-state index contributed by atoms with van der Waals surface area (Å²) in [6, 6.07) is 15.9. The third kappa shape index (κ3) is 4.20. The van der Waals surface area contributed by atoms with Gasteiger partial charge in [0, 0.05) is 35.6 Å². The number of aromatic nitrogens is 3. The molecule has 0 unspecified atom stereocenters. The minimum atomic E-state index is 0.440. The van der Waals surface area contributed by atoms with Crippen molar-refractivity contribution in [1.29, 1.82) is 0 Å². The summed E-state index contributed by atoms with van der Waals surface area (Å²) in [6.07, 6.45) is 1.59. The minimum Gasteiger partial charge on any atom is -0.378 e. The number of hydrogen-bond donors (Lipinski definition) is 2. The first-order valence-corrected chi connectivity index (χ1v) is 8.16.